The third-order valence-corrected chi connectivity index (χ3v) is 5.88. The van der Waals surface area contributed by atoms with E-state index >= 15 is 0 Å². The molecule has 0 radical (unpaired) electrons. The lowest BCUT2D eigenvalue weighted by Gasteiger charge is -2.37. The molecule has 2 fully saturated rings. The molecule has 2 aromatic rings. The van der Waals surface area contributed by atoms with Crippen molar-refractivity contribution in [2.24, 2.45) is 11.8 Å². The number of hydrogen-bond acceptors (Lipinski definition) is 3. The molecular formula is C22H27N3O. The van der Waals surface area contributed by atoms with E-state index in [1.165, 1.54) is 5.56 Å². The molecule has 26 heavy (non-hydrogen) atoms. The second kappa shape index (κ2) is 8.00. The van der Waals surface area contributed by atoms with Gasteiger partial charge in [0.2, 0.25) is 5.91 Å². The third-order valence-electron chi connectivity index (χ3n) is 5.88. The van der Waals surface area contributed by atoms with E-state index in [1.807, 2.05) is 17.2 Å². The van der Waals surface area contributed by atoms with E-state index in [0.717, 1.165) is 44.6 Å². The van der Waals surface area contributed by atoms with Crippen LogP contribution in [0.15, 0.2) is 54.9 Å². The number of aromatic nitrogens is 1. The van der Waals surface area contributed by atoms with Crippen LogP contribution >= 0.6 is 0 Å². The van der Waals surface area contributed by atoms with Crippen molar-refractivity contribution in [1.82, 2.24) is 14.8 Å². The van der Waals surface area contributed by atoms with Gasteiger partial charge < -0.3 is 4.90 Å². The van der Waals surface area contributed by atoms with Crippen LogP contribution in [0, 0.1) is 11.8 Å². The summed E-state index contributed by atoms with van der Waals surface area (Å²) in [5.74, 6) is 1.50. The molecule has 0 N–H and O–H groups in total. The minimum Gasteiger partial charge on any atom is -0.338 e. The molecular weight excluding hydrogens is 322 g/mol. The number of likely N-dealkylation sites (tertiary alicyclic amines) is 2. The number of carbonyl (C=O) groups is 1. The van der Waals surface area contributed by atoms with E-state index in [1.54, 1.807) is 6.20 Å². The summed E-state index contributed by atoms with van der Waals surface area (Å²) in [6.07, 6.45) is 6.62. The second-order valence-corrected chi connectivity index (χ2v) is 7.70. The highest BCUT2D eigenvalue weighted by atomic mass is 16.2. The van der Waals surface area contributed by atoms with E-state index in [4.69, 9.17) is 0 Å². The molecule has 4 heteroatoms. The molecule has 1 aromatic heterocycles. The predicted octanol–water partition coefficient (Wildman–Crippen LogP) is 3.34. The highest BCUT2D eigenvalue weighted by molar-refractivity contribution is 5.76. The SMILES string of the molecule is O=C1CC2CCN(Cc3ccccc3)CC2CCN1Cc1cccnc1. The molecule has 0 aliphatic carbocycles. The molecule has 2 aliphatic heterocycles. The number of amides is 1. The third kappa shape index (κ3) is 4.13. The zero-order valence-corrected chi connectivity index (χ0v) is 15.3. The van der Waals surface area contributed by atoms with Gasteiger partial charge in [-0.15, -0.1) is 0 Å². The van der Waals surface area contributed by atoms with Gasteiger partial charge in [0.1, 0.15) is 0 Å². The number of piperidine rings is 1. The van der Waals surface area contributed by atoms with Gasteiger partial charge in [-0.2, -0.15) is 0 Å². The van der Waals surface area contributed by atoms with Gasteiger partial charge in [0.15, 0.2) is 0 Å². The highest BCUT2D eigenvalue weighted by Crippen LogP contribution is 2.33. The van der Waals surface area contributed by atoms with Crippen molar-refractivity contribution in [2.45, 2.75) is 32.4 Å². The summed E-state index contributed by atoms with van der Waals surface area (Å²) in [5, 5.41) is 0. The van der Waals surface area contributed by atoms with Gasteiger partial charge >= 0.3 is 0 Å². The highest BCUT2D eigenvalue weighted by Gasteiger charge is 2.34. The quantitative estimate of drug-likeness (QED) is 0.849. The van der Waals surface area contributed by atoms with Crippen LogP contribution < -0.4 is 0 Å². The van der Waals surface area contributed by atoms with E-state index < -0.39 is 0 Å². The fourth-order valence-electron chi connectivity index (χ4n) is 4.42. The Labute approximate surface area is 155 Å². The molecule has 2 aliphatic rings. The normalized spacial score (nSPS) is 24.2. The van der Waals surface area contributed by atoms with E-state index in [9.17, 15) is 4.79 Å². The van der Waals surface area contributed by atoms with Crippen molar-refractivity contribution >= 4 is 5.91 Å². The van der Waals surface area contributed by atoms with Crippen molar-refractivity contribution in [2.75, 3.05) is 19.6 Å². The lowest BCUT2D eigenvalue weighted by Crippen LogP contribution is -2.40. The Kier molecular flexibility index (Phi) is 5.30. The topological polar surface area (TPSA) is 36.4 Å². The van der Waals surface area contributed by atoms with Crippen molar-refractivity contribution in [3.8, 4) is 0 Å². The fourth-order valence-corrected chi connectivity index (χ4v) is 4.42. The van der Waals surface area contributed by atoms with Crippen LogP contribution in [0.4, 0.5) is 0 Å². The summed E-state index contributed by atoms with van der Waals surface area (Å²) in [6, 6.07) is 14.7. The van der Waals surface area contributed by atoms with Gasteiger partial charge in [-0.1, -0.05) is 36.4 Å². The van der Waals surface area contributed by atoms with Crippen LogP contribution in [-0.2, 0) is 17.9 Å². The maximum atomic E-state index is 12.7. The van der Waals surface area contributed by atoms with Crippen LogP contribution in [0.2, 0.25) is 0 Å². The van der Waals surface area contributed by atoms with Gasteiger partial charge in [0.25, 0.3) is 0 Å². The summed E-state index contributed by atoms with van der Waals surface area (Å²) in [7, 11) is 0. The van der Waals surface area contributed by atoms with Crippen molar-refractivity contribution in [3.63, 3.8) is 0 Å². The van der Waals surface area contributed by atoms with Crippen LogP contribution in [0.5, 0.6) is 0 Å². The molecule has 0 spiro atoms. The Morgan fingerprint density at radius 3 is 2.54 bits per heavy atom. The first-order chi connectivity index (χ1) is 12.8. The number of rotatable bonds is 4. The standard InChI is InChI=1S/C22H27N3O/c26-22-13-20-8-11-24(15-18-5-2-1-3-6-18)17-21(20)9-12-25(22)16-19-7-4-10-23-14-19/h1-7,10,14,20-21H,8-9,11-13,15-17H2. The molecule has 4 nitrogen and oxygen atoms in total. The van der Waals surface area contributed by atoms with Gasteiger partial charge in [0, 0.05) is 45.0 Å². The van der Waals surface area contributed by atoms with Crippen molar-refractivity contribution in [1.29, 1.82) is 0 Å². The molecule has 136 valence electrons. The van der Waals surface area contributed by atoms with E-state index in [2.05, 4.69) is 46.3 Å². The van der Waals surface area contributed by atoms with Gasteiger partial charge in [-0.3, -0.25) is 14.7 Å². The molecule has 2 saturated heterocycles. The zero-order valence-electron chi connectivity index (χ0n) is 15.3. The maximum Gasteiger partial charge on any atom is 0.223 e. The molecule has 2 atom stereocenters. The minimum atomic E-state index is 0.317. The number of carbonyl (C=O) groups excluding carboxylic acids is 1. The van der Waals surface area contributed by atoms with Crippen LogP contribution in [0.1, 0.15) is 30.4 Å². The number of nitrogens with zero attached hydrogens (tertiary/aromatic N) is 3. The molecule has 3 heterocycles. The summed E-state index contributed by atoms with van der Waals surface area (Å²) < 4.78 is 0. The summed E-state index contributed by atoms with van der Waals surface area (Å²) in [6.45, 7) is 4.81. The Morgan fingerprint density at radius 2 is 1.73 bits per heavy atom. The van der Waals surface area contributed by atoms with Gasteiger partial charge in [-0.05, 0) is 48.4 Å². The van der Waals surface area contributed by atoms with E-state index in [0.29, 0.717) is 30.7 Å². The largest absolute Gasteiger partial charge is 0.338 e. The summed E-state index contributed by atoms with van der Waals surface area (Å²) in [4.78, 5) is 21.5. The number of pyridine rings is 1. The first-order valence-corrected chi connectivity index (χ1v) is 9.71. The van der Waals surface area contributed by atoms with Crippen LogP contribution in [0.25, 0.3) is 0 Å². The van der Waals surface area contributed by atoms with Gasteiger partial charge in [0.05, 0.1) is 0 Å². The first-order valence-electron chi connectivity index (χ1n) is 9.71. The predicted molar refractivity (Wildman–Crippen MR) is 102 cm³/mol. The molecule has 0 bridgehead atoms. The Hall–Kier alpha value is -2.20. The Morgan fingerprint density at radius 1 is 0.923 bits per heavy atom. The number of benzene rings is 1. The molecule has 1 aromatic carbocycles. The number of hydrogen-bond donors (Lipinski definition) is 0. The zero-order chi connectivity index (χ0) is 17.8. The molecule has 1 amide bonds. The van der Waals surface area contributed by atoms with Crippen LogP contribution in [-0.4, -0.2) is 40.3 Å². The number of fused-ring (bicyclic) bond motifs is 1. The minimum absolute atomic E-state index is 0.317. The average Bonchev–Trinajstić information content (AvgIpc) is 2.82. The molecule has 4 rings (SSSR count). The monoisotopic (exact) mass is 349 g/mol. The summed E-state index contributed by atoms with van der Waals surface area (Å²) >= 11 is 0. The fraction of sp³-hybridized carbons (Fsp3) is 0.455. The average molecular weight is 349 g/mol. The molecule has 2 unspecified atom stereocenters. The lowest BCUT2D eigenvalue weighted by atomic mass is 9.82. The van der Waals surface area contributed by atoms with Crippen molar-refractivity contribution < 1.29 is 4.79 Å². The van der Waals surface area contributed by atoms with E-state index in [-0.39, 0.29) is 0 Å². The Bertz CT molecular complexity index is 719. The molecule has 0 saturated carbocycles. The maximum absolute atomic E-state index is 12.7. The smallest absolute Gasteiger partial charge is 0.223 e. The lowest BCUT2D eigenvalue weighted by molar-refractivity contribution is -0.132. The Balaban J connectivity index is 1.37. The van der Waals surface area contributed by atoms with Crippen LogP contribution in [0.3, 0.4) is 0 Å². The van der Waals surface area contributed by atoms with Crippen molar-refractivity contribution in [3.05, 3.63) is 66.0 Å². The first kappa shape index (κ1) is 17.2. The second-order valence-electron chi connectivity index (χ2n) is 7.70. The summed E-state index contributed by atoms with van der Waals surface area (Å²) in [5.41, 5.74) is 2.50. The van der Waals surface area contributed by atoms with Gasteiger partial charge in [-0.25, -0.2) is 0 Å².